The number of hydrogen-bond acceptors (Lipinski definition) is 4. The van der Waals surface area contributed by atoms with Crippen molar-refractivity contribution in [3.8, 4) is 0 Å². The molecule has 1 atom stereocenters. The molecule has 0 saturated carbocycles. The second-order valence-electron chi connectivity index (χ2n) is 7.97. The lowest BCUT2D eigenvalue weighted by Crippen LogP contribution is -2.34. The zero-order valence-corrected chi connectivity index (χ0v) is 17.7. The molecule has 1 N–H and O–H groups in total. The molecular weight excluding hydrogens is 386 g/mol. The summed E-state index contributed by atoms with van der Waals surface area (Å²) in [5.41, 5.74) is 3.97. The molecule has 7 heteroatoms. The molecule has 2 aromatic rings. The number of rotatable bonds is 4. The molecule has 6 nitrogen and oxygen atoms in total. The fourth-order valence-electron chi connectivity index (χ4n) is 4.43. The van der Waals surface area contributed by atoms with Crippen molar-refractivity contribution in [2.45, 2.75) is 38.6 Å². The minimum absolute atomic E-state index is 0.141. The van der Waals surface area contributed by atoms with Crippen LogP contribution in [0.5, 0.6) is 0 Å². The second kappa shape index (κ2) is 7.71. The van der Waals surface area contributed by atoms with Crippen LogP contribution in [0.2, 0.25) is 0 Å². The van der Waals surface area contributed by atoms with Gasteiger partial charge in [0.1, 0.15) is 0 Å². The van der Waals surface area contributed by atoms with Crippen molar-refractivity contribution >= 4 is 33.0 Å². The van der Waals surface area contributed by atoms with Gasteiger partial charge in [-0.25, -0.2) is 8.42 Å². The highest BCUT2D eigenvalue weighted by Crippen LogP contribution is 2.35. The average molecular weight is 414 g/mol. The van der Waals surface area contributed by atoms with Crippen molar-refractivity contribution in [2.75, 3.05) is 33.9 Å². The normalized spacial score (nSPS) is 19.2. The SMILES string of the molecule is CC1Cc2cc(C(=O)Nc3ccccc3N3CCCCC3)ccc2N1S(C)(=O)=O. The molecular formula is C22H27N3O3S. The number of nitrogens with one attached hydrogen (secondary N) is 1. The standard InChI is InChI=1S/C22H27N3O3S/c1-16-14-18-15-17(10-11-20(18)25(16)29(2,27)28)22(26)23-19-8-4-5-9-21(19)24-12-6-3-7-13-24/h4-5,8-11,15-16H,3,6-7,12-14H2,1-2H3,(H,23,26). The summed E-state index contributed by atoms with van der Waals surface area (Å²) in [6.45, 7) is 3.89. The molecule has 1 fully saturated rings. The third-order valence-corrected chi connectivity index (χ3v) is 6.97. The van der Waals surface area contributed by atoms with Crippen molar-refractivity contribution in [1.82, 2.24) is 0 Å². The first-order valence-electron chi connectivity index (χ1n) is 10.1. The molecule has 1 saturated heterocycles. The molecule has 1 unspecified atom stereocenters. The molecule has 0 spiro atoms. The predicted molar refractivity (Wildman–Crippen MR) is 117 cm³/mol. The Kier molecular flexibility index (Phi) is 5.25. The Morgan fingerprint density at radius 3 is 2.48 bits per heavy atom. The van der Waals surface area contributed by atoms with E-state index in [4.69, 9.17) is 0 Å². The van der Waals surface area contributed by atoms with Gasteiger partial charge >= 0.3 is 0 Å². The number of benzene rings is 2. The van der Waals surface area contributed by atoms with Crippen LogP contribution in [0.3, 0.4) is 0 Å². The number of piperidine rings is 1. The van der Waals surface area contributed by atoms with Crippen LogP contribution >= 0.6 is 0 Å². The molecule has 2 aromatic carbocycles. The van der Waals surface area contributed by atoms with Gasteiger partial charge in [-0.1, -0.05) is 12.1 Å². The first kappa shape index (κ1) is 19.8. The van der Waals surface area contributed by atoms with E-state index >= 15 is 0 Å². The van der Waals surface area contributed by atoms with E-state index in [2.05, 4.69) is 16.3 Å². The fraction of sp³-hybridized carbons (Fsp3) is 0.409. The van der Waals surface area contributed by atoms with Gasteiger partial charge in [-0.15, -0.1) is 0 Å². The maximum atomic E-state index is 12.9. The minimum Gasteiger partial charge on any atom is -0.370 e. The summed E-state index contributed by atoms with van der Waals surface area (Å²) >= 11 is 0. The topological polar surface area (TPSA) is 69.7 Å². The Labute approximate surface area is 172 Å². The summed E-state index contributed by atoms with van der Waals surface area (Å²) in [7, 11) is -3.34. The number of anilines is 3. The van der Waals surface area contributed by atoms with Crippen LogP contribution in [0.25, 0.3) is 0 Å². The van der Waals surface area contributed by atoms with E-state index in [1.807, 2.05) is 31.2 Å². The van der Waals surface area contributed by atoms with Gasteiger partial charge in [-0.2, -0.15) is 0 Å². The van der Waals surface area contributed by atoms with Gasteiger partial charge in [-0.3, -0.25) is 9.10 Å². The number of carbonyl (C=O) groups excluding carboxylic acids is 1. The number of fused-ring (bicyclic) bond motifs is 1. The van der Waals surface area contributed by atoms with E-state index in [-0.39, 0.29) is 11.9 Å². The lowest BCUT2D eigenvalue weighted by atomic mass is 10.1. The third-order valence-electron chi connectivity index (χ3n) is 5.70. The van der Waals surface area contributed by atoms with E-state index < -0.39 is 10.0 Å². The summed E-state index contributed by atoms with van der Waals surface area (Å²) < 4.78 is 25.6. The van der Waals surface area contributed by atoms with Gasteiger partial charge in [0.2, 0.25) is 10.0 Å². The van der Waals surface area contributed by atoms with Crippen LogP contribution in [-0.2, 0) is 16.4 Å². The summed E-state index contributed by atoms with van der Waals surface area (Å²) in [5, 5.41) is 3.06. The largest absolute Gasteiger partial charge is 0.370 e. The minimum atomic E-state index is -3.34. The van der Waals surface area contributed by atoms with E-state index in [0.717, 1.165) is 30.0 Å². The van der Waals surface area contributed by atoms with Crippen LogP contribution in [0.1, 0.15) is 42.1 Å². The summed E-state index contributed by atoms with van der Waals surface area (Å²) in [6.07, 6.45) is 5.41. The van der Waals surface area contributed by atoms with Gasteiger partial charge in [0, 0.05) is 24.7 Å². The van der Waals surface area contributed by atoms with Crippen LogP contribution in [0.15, 0.2) is 42.5 Å². The Bertz CT molecular complexity index is 1030. The third kappa shape index (κ3) is 3.96. The van der Waals surface area contributed by atoms with E-state index in [1.165, 1.54) is 29.8 Å². The lowest BCUT2D eigenvalue weighted by molar-refractivity contribution is 0.102. The zero-order chi connectivity index (χ0) is 20.6. The van der Waals surface area contributed by atoms with Crippen molar-refractivity contribution in [3.63, 3.8) is 0 Å². The molecule has 2 aliphatic rings. The van der Waals surface area contributed by atoms with Gasteiger partial charge in [0.15, 0.2) is 0 Å². The Morgan fingerprint density at radius 2 is 1.76 bits per heavy atom. The molecule has 2 aliphatic heterocycles. The van der Waals surface area contributed by atoms with Crippen molar-refractivity contribution in [1.29, 1.82) is 0 Å². The first-order valence-corrected chi connectivity index (χ1v) is 12.0. The highest BCUT2D eigenvalue weighted by molar-refractivity contribution is 7.92. The van der Waals surface area contributed by atoms with Crippen LogP contribution in [0.4, 0.5) is 17.1 Å². The van der Waals surface area contributed by atoms with Crippen LogP contribution in [0, 0.1) is 0 Å². The number of amides is 1. The second-order valence-corrected chi connectivity index (χ2v) is 9.83. The van der Waals surface area contributed by atoms with Gasteiger partial charge < -0.3 is 10.2 Å². The smallest absolute Gasteiger partial charge is 0.255 e. The van der Waals surface area contributed by atoms with E-state index in [1.54, 1.807) is 12.1 Å². The highest BCUT2D eigenvalue weighted by Gasteiger charge is 2.32. The monoisotopic (exact) mass is 413 g/mol. The summed E-state index contributed by atoms with van der Waals surface area (Å²) in [4.78, 5) is 15.3. The maximum Gasteiger partial charge on any atom is 0.255 e. The number of sulfonamides is 1. The van der Waals surface area contributed by atoms with Gasteiger partial charge in [0.25, 0.3) is 5.91 Å². The van der Waals surface area contributed by atoms with Crippen molar-refractivity contribution < 1.29 is 13.2 Å². The molecule has 29 heavy (non-hydrogen) atoms. The molecule has 0 aromatic heterocycles. The summed E-state index contributed by atoms with van der Waals surface area (Å²) in [5.74, 6) is -0.178. The number of carbonyl (C=O) groups is 1. The average Bonchev–Trinajstić information content (AvgIpc) is 3.04. The van der Waals surface area contributed by atoms with Gasteiger partial charge in [0.05, 0.1) is 23.3 Å². The molecule has 154 valence electrons. The Morgan fingerprint density at radius 1 is 1.03 bits per heavy atom. The zero-order valence-electron chi connectivity index (χ0n) is 16.9. The number of para-hydroxylation sites is 2. The number of nitrogens with zero attached hydrogens (tertiary/aromatic N) is 2. The highest BCUT2D eigenvalue weighted by atomic mass is 32.2. The summed E-state index contributed by atoms with van der Waals surface area (Å²) in [6, 6.07) is 13.0. The molecule has 2 heterocycles. The number of hydrogen-bond donors (Lipinski definition) is 1. The predicted octanol–water partition coefficient (Wildman–Crippen LogP) is 3.64. The van der Waals surface area contributed by atoms with Gasteiger partial charge in [-0.05, 0) is 68.5 Å². The van der Waals surface area contributed by atoms with Crippen LogP contribution in [-0.4, -0.2) is 39.7 Å². The molecule has 0 radical (unpaired) electrons. The van der Waals surface area contributed by atoms with Crippen LogP contribution < -0.4 is 14.5 Å². The van der Waals surface area contributed by atoms with E-state index in [9.17, 15) is 13.2 Å². The Balaban J connectivity index is 1.57. The fourth-order valence-corrected chi connectivity index (χ4v) is 5.70. The van der Waals surface area contributed by atoms with Crippen molar-refractivity contribution in [3.05, 3.63) is 53.6 Å². The molecule has 4 rings (SSSR count). The van der Waals surface area contributed by atoms with E-state index in [0.29, 0.717) is 17.7 Å². The quantitative estimate of drug-likeness (QED) is 0.831. The maximum absolute atomic E-state index is 12.9. The molecule has 1 amide bonds. The molecule has 0 bridgehead atoms. The van der Waals surface area contributed by atoms with Crippen molar-refractivity contribution in [2.24, 2.45) is 0 Å². The Hall–Kier alpha value is -2.54. The lowest BCUT2D eigenvalue weighted by Gasteiger charge is -2.30. The first-order chi connectivity index (χ1) is 13.8. The molecule has 0 aliphatic carbocycles.